The molecule has 1 N–H and O–H groups in total. The number of aryl methyl sites for hydroxylation is 2. The first-order valence-corrected chi connectivity index (χ1v) is 6.50. The van der Waals surface area contributed by atoms with Gasteiger partial charge in [-0.25, -0.2) is 0 Å². The Morgan fingerprint density at radius 2 is 2.06 bits per heavy atom. The molecule has 0 heterocycles. The standard InChI is InChI=1S/C15H23NO2/c1-5-18-15(17)8-9-16-13(4)14-7-6-11(2)12(3)10-14/h6-7,10,13,16H,5,8-9H2,1-4H3. The molecule has 3 nitrogen and oxygen atoms in total. The van der Waals surface area contributed by atoms with Gasteiger partial charge in [-0.2, -0.15) is 0 Å². The summed E-state index contributed by atoms with van der Waals surface area (Å²) in [5, 5.41) is 3.33. The van der Waals surface area contributed by atoms with Crippen LogP contribution in [0.1, 0.15) is 43.0 Å². The molecule has 0 aliphatic carbocycles. The molecular formula is C15H23NO2. The Morgan fingerprint density at radius 1 is 1.33 bits per heavy atom. The van der Waals surface area contributed by atoms with E-state index in [-0.39, 0.29) is 12.0 Å². The molecule has 100 valence electrons. The second-order valence-electron chi connectivity index (χ2n) is 4.57. The average molecular weight is 249 g/mol. The van der Waals surface area contributed by atoms with E-state index >= 15 is 0 Å². The van der Waals surface area contributed by atoms with Crippen molar-refractivity contribution in [3.63, 3.8) is 0 Å². The number of hydrogen-bond acceptors (Lipinski definition) is 3. The summed E-state index contributed by atoms with van der Waals surface area (Å²) in [6.07, 6.45) is 0.420. The van der Waals surface area contributed by atoms with Crippen LogP contribution in [0.15, 0.2) is 18.2 Å². The van der Waals surface area contributed by atoms with E-state index in [1.165, 1.54) is 16.7 Å². The normalized spacial score (nSPS) is 12.2. The van der Waals surface area contributed by atoms with E-state index in [1.54, 1.807) is 0 Å². The van der Waals surface area contributed by atoms with Gasteiger partial charge in [-0.1, -0.05) is 18.2 Å². The van der Waals surface area contributed by atoms with Gasteiger partial charge in [0.05, 0.1) is 13.0 Å². The van der Waals surface area contributed by atoms with E-state index in [2.05, 4.69) is 44.3 Å². The maximum atomic E-state index is 11.2. The van der Waals surface area contributed by atoms with Crippen molar-refractivity contribution >= 4 is 5.97 Å². The highest BCUT2D eigenvalue weighted by Crippen LogP contribution is 2.16. The van der Waals surface area contributed by atoms with Crippen LogP contribution in [0.3, 0.4) is 0 Å². The molecule has 0 aliphatic rings. The molecular weight excluding hydrogens is 226 g/mol. The van der Waals surface area contributed by atoms with Crippen LogP contribution in [0.2, 0.25) is 0 Å². The van der Waals surface area contributed by atoms with Crippen LogP contribution in [-0.4, -0.2) is 19.1 Å². The molecule has 1 unspecified atom stereocenters. The van der Waals surface area contributed by atoms with E-state index in [4.69, 9.17) is 4.74 Å². The van der Waals surface area contributed by atoms with Crippen LogP contribution < -0.4 is 5.32 Å². The van der Waals surface area contributed by atoms with Gasteiger partial charge in [0.15, 0.2) is 0 Å². The highest BCUT2D eigenvalue weighted by atomic mass is 16.5. The van der Waals surface area contributed by atoms with E-state index in [1.807, 2.05) is 6.92 Å². The first-order chi connectivity index (χ1) is 8.54. The number of carbonyl (C=O) groups is 1. The largest absolute Gasteiger partial charge is 0.466 e. The zero-order valence-electron chi connectivity index (χ0n) is 11.7. The molecule has 0 amide bonds. The lowest BCUT2D eigenvalue weighted by molar-refractivity contribution is -0.143. The molecule has 0 saturated heterocycles. The summed E-state index contributed by atoms with van der Waals surface area (Å²) in [4.78, 5) is 11.2. The molecule has 0 fully saturated rings. The van der Waals surface area contributed by atoms with Crippen molar-refractivity contribution in [3.8, 4) is 0 Å². The summed E-state index contributed by atoms with van der Waals surface area (Å²) < 4.78 is 4.89. The molecule has 0 bridgehead atoms. The highest BCUT2D eigenvalue weighted by molar-refractivity contribution is 5.69. The fourth-order valence-corrected chi connectivity index (χ4v) is 1.78. The van der Waals surface area contributed by atoms with E-state index in [0.717, 1.165) is 0 Å². The Balaban J connectivity index is 2.43. The Labute approximate surface area is 110 Å². The van der Waals surface area contributed by atoms with Gasteiger partial charge in [0.2, 0.25) is 0 Å². The van der Waals surface area contributed by atoms with Crippen LogP contribution in [0, 0.1) is 13.8 Å². The van der Waals surface area contributed by atoms with Gasteiger partial charge < -0.3 is 10.1 Å². The monoisotopic (exact) mass is 249 g/mol. The molecule has 18 heavy (non-hydrogen) atoms. The molecule has 1 aromatic carbocycles. The summed E-state index contributed by atoms with van der Waals surface area (Å²) in [6, 6.07) is 6.70. The van der Waals surface area contributed by atoms with Crippen LogP contribution in [0.4, 0.5) is 0 Å². The van der Waals surface area contributed by atoms with Gasteiger partial charge in [-0.15, -0.1) is 0 Å². The average Bonchev–Trinajstić information content (AvgIpc) is 2.33. The molecule has 0 spiro atoms. The molecule has 3 heteroatoms. The zero-order chi connectivity index (χ0) is 13.5. The minimum Gasteiger partial charge on any atom is -0.466 e. The van der Waals surface area contributed by atoms with Gasteiger partial charge in [0.1, 0.15) is 0 Å². The maximum Gasteiger partial charge on any atom is 0.307 e. The van der Waals surface area contributed by atoms with Gasteiger partial charge in [0.25, 0.3) is 0 Å². The van der Waals surface area contributed by atoms with Gasteiger partial charge in [-0.05, 0) is 44.4 Å². The van der Waals surface area contributed by atoms with E-state index < -0.39 is 0 Å². The lowest BCUT2D eigenvalue weighted by Crippen LogP contribution is -2.22. The number of carbonyl (C=O) groups excluding carboxylic acids is 1. The van der Waals surface area contributed by atoms with Gasteiger partial charge in [-0.3, -0.25) is 4.79 Å². The minimum atomic E-state index is -0.141. The fraction of sp³-hybridized carbons (Fsp3) is 0.533. The summed E-state index contributed by atoms with van der Waals surface area (Å²) in [6.45, 7) is 9.25. The number of benzene rings is 1. The van der Waals surface area contributed by atoms with E-state index in [0.29, 0.717) is 19.6 Å². The number of hydrogen-bond donors (Lipinski definition) is 1. The summed E-state index contributed by atoms with van der Waals surface area (Å²) in [7, 11) is 0. The van der Waals surface area contributed by atoms with Crippen LogP contribution in [-0.2, 0) is 9.53 Å². The predicted octanol–water partition coefficient (Wildman–Crippen LogP) is 2.91. The lowest BCUT2D eigenvalue weighted by atomic mass is 10.0. The Bertz CT molecular complexity index is 401. The molecule has 0 aliphatic heterocycles. The third-order valence-corrected chi connectivity index (χ3v) is 3.12. The molecule has 1 atom stereocenters. The summed E-state index contributed by atoms with van der Waals surface area (Å²) in [5.74, 6) is -0.141. The van der Waals surface area contributed by atoms with E-state index in [9.17, 15) is 4.79 Å². The lowest BCUT2D eigenvalue weighted by Gasteiger charge is -2.15. The van der Waals surface area contributed by atoms with Crippen molar-refractivity contribution in [2.24, 2.45) is 0 Å². The predicted molar refractivity (Wildman–Crippen MR) is 73.6 cm³/mol. The highest BCUT2D eigenvalue weighted by Gasteiger charge is 2.07. The molecule has 1 aromatic rings. The first-order valence-electron chi connectivity index (χ1n) is 6.50. The Kier molecular flexibility index (Phi) is 5.86. The van der Waals surface area contributed by atoms with Crippen molar-refractivity contribution in [2.75, 3.05) is 13.2 Å². The maximum absolute atomic E-state index is 11.2. The van der Waals surface area contributed by atoms with Gasteiger partial charge in [0, 0.05) is 12.6 Å². The number of ether oxygens (including phenoxy) is 1. The summed E-state index contributed by atoms with van der Waals surface area (Å²) >= 11 is 0. The molecule has 0 radical (unpaired) electrons. The van der Waals surface area contributed by atoms with Gasteiger partial charge >= 0.3 is 5.97 Å². The smallest absolute Gasteiger partial charge is 0.307 e. The van der Waals surface area contributed by atoms with Crippen LogP contribution >= 0.6 is 0 Å². The first kappa shape index (κ1) is 14.7. The fourth-order valence-electron chi connectivity index (χ4n) is 1.78. The zero-order valence-corrected chi connectivity index (χ0v) is 11.7. The second kappa shape index (κ2) is 7.17. The third-order valence-electron chi connectivity index (χ3n) is 3.12. The Hall–Kier alpha value is -1.35. The minimum absolute atomic E-state index is 0.141. The van der Waals surface area contributed by atoms with Crippen molar-refractivity contribution in [2.45, 2.75) is 40.2 Å². The number of esters is 1. The number of nitrogens with one attached hydrogen (secondary N) is 1. The Morgan fingerprint density at radius 3 is 2.67 bits per heavy atom. The topological polar surface area (TPSA) is 38.3 Å². The van der Waals surface area contributed by atoms with Crippen molar-refractivity contribution < 1.29 is 9.53 Å². The summed E-state index contributed by atoms with van der Waals surface area (Å²) in [5.41, 5.74) is 3.85. The third kappa shape index (κ3) is 4.49. The quantitative estimate of drug-likeness (QED) is 0.788. The number of rotatable bonds is 6. The van der Waals surface area contributed by atoms with Crippen molar-refractivity contribution in [1.82, 2.24) is 5.32 Å². The van der Waals surface area contributed by atoms with Crippen LogP contribution in [0.25, 0.3) is 0 Å². The molecule has 0 saturated carbocycles. The van der Waals surface area contributed by atoms with Crippen molar-refractivity contribution in [3.05, 3.63) is 34.9 Å². The molecule has 0 aromatic heterocycles. The second-order valence-corrected chi connectivity index (χ2v) is 4.57. The van der Waals surface area contributed by atoms with Crippen molar-refractivity contribution in [1.29, 1.82) is 0 Å². The van der Waals surface area contributed by atoms with Crippen LogP contribution in [0.5, 0.6) is 0 Å². The molecule has 1 rings (SSSR count). The SMILES string of the molecule is CCOC(=O)CCNC(C)c1ccc(C)c(C)c1.